The van der Waals surface area contributed by atoms with Crippen LogP contribution < -0.4 is 14.4 Å². The van der Waals surface area contributed by atoms with Crippen molar-refractivity contribution in [2.45, 2.75) is 32.5 Å². The molecule has 0 saturated carbocycles. The molecule has 0 aromatic carbocycles. The van der Waals surface area contributed by atoms with Crippen LogP contribution in [-0.4, -0.2) is 69.3 Å². The third-order valence-corrected chi connectivity index (χ3v) is 8.61. The van der Waals surface area contributed by atoms with Crippen molar-refractivity contribution in [1.82, 2.24) is 19.0 Å². The van der Waals surface area contributed by atoms with Gasteiger partial charge in [0.15, 0.2) is 18.9 Å². The first kappa shape index (κ1) is 26.1. The number of thiazole rings is 1. The summed E-state index contributed by atoms with van der Waals surface area (Å²) in [4.78, 5) is 44.8. The monoisotopic (exact) mass is 561 g/mol. The first-order chi connectivity index (χ1) is 17.9. The van der Waals surface area contributed by atoms with Crippen molar-refractivity contribution in [3.8, 4) is 0 Å². The van der Waals surface area contributed by atoms with Crippen LogP contribution in [0.2, 0.25) is 0 Å². The quantitative estimate of drug-likeness (QED) is 0.151. The maximum absolute atomic E-state index is 13.3. The number of aromatic nitrogens is 3. The molecule has 0 unspecified atom stereocenters. The molecule has 2 aliphatic heterocycles. The van der Waals surface area contributed by atoms with E-state index in [2.05, 4.69) is 9.71 Å². The lowest BCUT2D eigenvalue weighted by Gasteiger charge is -2.46. The predicted octanol–water partition coefficient (Wildman–Crippen LogP) is -0.639. The highest BCUT2D eigenvalue weighted by Gasteiger charge is 2.60. The van der Waals surface area contributed by atoms with Gasteiger partial charge in [-0.15, -0.1) is 11.3 Å². The van der Waals surface area contributed by atoms with Crippen LogP contribution in [0, 0.1) is 11.8 Å². The number of hydrogen-bond acceptors (Lipinski definition) is 8. The Morgan fingerprint density at radius 1 is 1.37 bits per heavy atom. The topological polar surface area (TPSA) is 188 Å². The lowest BCUT2D eigenvalue weighted by Crippen LogP contribution is -2.63. The number of aliphatic carboxylic acids is 1. The van der Waals surface area contributed by atoms with Crippen molar-refractivity contribution in [2.75, 3.05) is 6.54 Å². The zero-order valence-electron chi connectivity index (χ0n) is 20.3. The van der Waals surface area contributed by atoms with E-state index in [4.69, 9.17) is 5.14 Å². The largest absolute Gasteiger partial charge is 0.477 e. The number of ketones is 1. The smallest absolute Gasteiger partial charge is 0.352 e. The Kier molecular flexibility index (Phi) is 6.43. The highest BCUT2D eigenvalue weighted by atomic mass is 32.2. The Hall–Kier alpha value is -3.50. The fourth-order valence-corrected chi connectivity index (χ4v) is 6.81. The molecule has 0 spiro atoms. The second-order valence-corrected chi connectivity index (χ2v) is 11.7. The summed E-state index contributed by atoms with van der Waals surface area (Å²) in [6.45, 7) is 3.64. The molecule has 0 bridgehead atoms. The van der Waals surface area contributed by atoms with Crippen LogP contribution >= 0.6 is 11.3 Å². The van der Waals surface area contributed by atoms with Gasteiger partial charge in [-0.2, -0.15) is 13.1 Å². The Balaban J connectivity index is 1.46. The average Bonchev–Trinajstić information content (AvgIpc) is 3.47. The van der Waals surface area contributed by atoms with E-state index in [-0.39, 0.29) is 36.2 Å². The summed E-state index contributed by atoms with van der Waals surface area (Å²) in [6.07, 6.45) is 5.51. The number of carboxylic acids is 1. The van der Waals surface area contributed by atoms with Crippen LogP contribution in [0.25, 0.3) is 10.4 Å². The number of fused-ring (bicyclic) bond motifs is 2. The van der Waals surface area contributed by atoms with Gasteiger partial charge in [0.2, 0.25) is 11.7 Å². The van der Waals surface area contributed by atoms with Crippen molar-refractivity contribution in [1.29, 1.82) is 0 Å². The van der Waals surface area contributed by atoms with Crippen LogP contribution in [0.1, 0.15) is 34.8 Å². The number of pyridine rings is 1. The highest BCUT2D eigenvalue weighted by molar-refractivity contribution is 7.87. The molecular weight excluding hydrogens is 536 g/mol. The molecular formula is C23H25N6O7S2+. The fraction of sp³-hybridized carbons (Fsp3) is 0.348. The fourth-order valence-electron chi connectivity index (χ4n) is 5.22. The minimum Gasteiger partial charge on any atom is -0.477 e. The Morgan fingerprint density at radius 2 is 2.11 bits per heavy atom. The SMILES string of the molecule is C[C@@H](O)[C@H]1C(=O)N2C(C(=O)O)=C(c3cn4cnc(C(=O)c5ccc[n+](CCNS(N)(=O)=O)c5)c4s3)[C@H](C)[C@H]12. The molecule has 3 aromatic heterocycles. The van der Waals surface area contributed by atoms with Crippen molar-refractivity contribution in [3.63, 3.8) is 0 Å². The molecule has 5 heterocycles. The predicted molar refractivity (Wildman–Crippen MR) is 134 cm³/mol. The number of nitrogens with one attached hydrogen (secondary N) is 1. The summed E-state index contributed by atoms with van der Waals surface area (Å²) in [6, 6.07) is 2.82. The lowest BCUT2D eigenvalue weighted by atomic mass is 9.77. The van der Waals surface area contributed by atoms with Gasteiger partial charge in [-0.3, -0.25) is 14.0 Å². The van der Waals surface area contributed by atoms with Gasteiger partial charge in [-0.25, -0.2) is 19.5 Å². The number of imidazole rings is 1. The van der Waals surface area contributed by atoms with E-state index in [9.17, 15) is 33.0 Å². The number of nitrogens with two attached hydrogens (primary N) is 1. The number of hydrogen-bond donors (Lipinski definition) is 4. The number of carbonyl (C=O) groups excluding carboxylic acids is 2. The Morgan fingerprint density at radius 3 is 2.76 bits per heavy atom. The van der Waals surface area contributed by atoms with Crippen LogP contribution in [0.3, 0.4) is 0 Å². The van der Waals surface area contributed by atoms with Crippen molar-refractivity contribution < 1.29 is 37.6 Å². The van der Waals surface area contributed by atoms with Gasteiger partial charge in [-0.1, -0.05) is 6.92 Å². The molecule has 200 valence electrons. The molecule has 5 N–H and O–H groups in total. The molecule has 1 saturated heterocycles. The van der Waals surface area contributed by atoms with Crippen molar-refractivity contribution in [2.24, 2.45) is 17.0 Å². The second kappa shape index (κ2) is 9.36. The summed E-state index contributed by atoms with van der Waals surface area (Å²) in [5, 5.41) is 25.0. The van der Waals surface area contributed by atoms with E-state index in [0.717, 1.165) is 0 Å². The minimum absolute atomic E-state index is 0.0415. The number of aliphatic hydroxyl groups is 1. The number of nitrogens with zero attached hydrogens (tertiary/aromatic N) is 4. The van der Waals surface area contributed by atoms with E-state index in [1.165, 1.54) is 29.5 Å². The molecule has 15 heteroatoms. The van der Waals surface area contributed by atoms with Gasteiger partial charge in [0.25, 0.3) is 10.2 Å². The number of carbonyl (C=O) groups is 3. The lowest BCUT2D eigenvalue weighted by molar-refractivity contribution is -0.694. The molecule has 0 aliphatic carbocycles. The maximum atomic E-state index is 13.3. The summed E-state index contributed by atoms with van der Waals surface area (Å²) < 4.78 is 27.6. The first-order valence-electron chi connectivity index (χ1n) is 11.7. The van der Waals surface area contributed by atoms with Crippen molar-refractivity contribution in [3.05, 3.63) is 58.9 Å². The van der Waals surface area contributed by atoms with Gasteiger partial charge in [0, 0.05) is 23.8 Å². The van der Waals surface area contributed by atoms with E-state index < -0.39 is 40.1 Å². The molecule has 4 atom stereocenters. The van der Waals surface area contributed by atoms with Gasteiger partial charge in [0.05, 0.1) is 35.0 Å². The highest BCUT2D eigenvalue weighted by Crippen LogP contribution is 2.51. The van der Waals surface area contributed by atoms with Gasteiger partial charge < -0.3 is 15.1 Å². The third-order valence-electron chi connectivity index (χ3n) is 6.86. The van der Waals surface area contributed by atoms with Crippen LogP contribution in [0.15, 0.2) is 42.7 Å². The molecule has 0 radical (unpaired) electrons. The molecule has 38 heavy (non-hydrogen) atoms. The van der Waals surface area contributed by atoms with Crippen LogP contribution in [0.4, 0.5) is 0 Å². The molecule has 3 aromatic rings. The number of amides is 1. The summed E-state index contributed by atoms with van der Waals surface area (Å²) >= 11 is 1.20. The second-order valence-electron chi connectivity index (χ2n) is 9.32. The number of rotatable bonds is 9. The van der Waals surface area contributed by atoms with Gasteiger partial charge >= 0.3 is 5.97 Å². The minimum atomic E-state index is -3.83. The van der Waals surface area contributed by atoms with Crippen LogP contribution in [0.5, 0.6) is 0 Å². The van der Waals surface area contributed by atoms with Crippen molar-refractivity contribution >= 4 is 49.6 Å². The number of carboxylic acid groups (broad SMARTS) is 1. The zero-order valence-corrected chi connectivity index (χ0v) is 21.9. The van der Waals surface area contributed by atoms with E-state index in [0.29, 0.717) is 20.8 Å². The number of aliphatic hydroxyl groups excluding tert-OH is 1. The zero-order chi connectivity index (χ0) is 27.5. The number of β-lactam (4-membered cyclic amide) rings is 1. The summed E-state index contributed by atoms with van der Waals surface area (Å²) in [5.41, 5.74) is 0.872. The Bertz CT molecular complexity index is 1620. The molecule has 2 aliphatic rings. The average molecular weight is 562 g/mol. The molecule has 13 nitrogen and oxygen atoms in total. The summed E-state index contributed by atoms with van der Waals surface area (Å²) in [5.74, 6) is -3.03. The van der Waals surface area contributed by atoms with E-state index >= 15 is 0 Å². The summed E-state index contributed by atoms with van der Waals surface area (Å²) in [7, 11) is -3.83. The molecule has 1 fully saturated rings. The van der Waals surface area contributed by atoms with E-state index in [1.807, 2.05) is 6.92 Å². The Labute approximate surface area is 221 Å². The standard InChI is InChI=1S/C23H24N6O7S2/c1-11-15(19(23(33)34)29-18(11)16(12(2)30)21(29)32)14-9-28-10-25-17(22(28)37-14)20(31)13-4-3-6-27(8-13)7-5-26-38(24,35)36/h3-4,6,8-12,16,18,26,30H,5,7H2,1-2H3,(H2-,24,33,34,35,36)/p+1/t11-,12+,16+,18+/m0/s1. The third kappa shape index (κ3) is 4.31. The maximum Gasteiger partial charge on any atom is 0.352 e. The first-order valence-corrected chi connectivity index (χ1v) is 14.0. The van der Waals surface area contributed by atoms with Gasteiger partial charge in [0.1, 0.15) is 22.5 Å². The van der Waals surface area contributed by atoms with Crippen LogP contribution in [-0.2, 0) is 26.3 Å². The molecule has 1 amide bonds. The van der Waals surface area contributed by atoms with Gasteiger partial charge in [-0.05, 0) is 13.0 Å². The normalized spacial score (nSPS) is 22.1. The van der Waals surface area contributed by atoms with E-state index in [1.54, 1.807) is 39.7 Å². The molecule has 5 rings (SSSR count).